The van der Waals surface area contributed by atoms with Crippen molar-refractivity contribution >= 4 is 5.97 Å². The molecule has 0 radical (unpaired) electrons. The zero-order valence-corrected chi connectivity index (χ0v) is 12.1. The van der Waals surface area contributed by atoms with Crippen LogP contribution in [0.3, 0.4) is 0 Å². The molecule has 0 aromatic heterocycles. The monoisotopic (exact) mass is 260 g/mol. The van der Waals surface area contributed by atoms with Crippen molar-refractivity contribution in [2.24, 2.45) is 5.92 Å². The Labute approximate surface area is 111 Å². The number of hydrogen-bond donors (Lipinski definition) is 0. The van der Waals surface area contributed by atoms with Gasteiger partial charge in [0.2, 0.25) is 0 Å². The lowest BCUT2D eigenvalue weighted by molar-refractivity contribution is -0.149. The molecule has 1 unspecified atom stereocenters. The summed E-state index contributed by atoms with van der Waals surface area (Å²) in [6.45, 7) is 8.84. The van der Waals surface area contributed by atoms with E-state index in [-0.39, 0.29) is 11.9 Å². The van der Waals surface area contributed by atoms with Crippen LogP contribution in [0.4, 0.5) is 0 Å². The second kappa shape index (κ2) is 12.8. The lowest BCUT2D eigenvalue weighted by Gasteiger charge is -2.10. The van der Waals surface area contributed by atoms with Crippen molar-refractivity contribution in [3.05, 3.63) is 0 Å². The first-order valence-electron chi connectivity index (χ1n) is 7.04. The van der Waals surface area contributed by atoms with Crippen LogP contribution >= 0.6 is 0 Å². The number of esters is 1. The van der Waals surface area contributed by atoms with E-state index in [0.29, 0.717) is 26.4 Å². The summed E-state index contributed by atoms with van der Waals surface area (Å²) in [6.07, 6.45) is 4.12. The highest BCUT2D eigenvalue weighted by Crippen LogP contribution is 2.06. The van der Waals surface area contributed by atoms with Gasteiger partial charge in [0.15, 0.2) is 0 Å². The largest absolute Gasteiger partial charge is 0.463 e. The summed E-state index contributed by atoms with van der Waals surface area (Å²) in [5.74, 6) is -0.132. The molecule has 4 heteroatoms. The van der Waals surface area contributed by atoms with Gasteiger partial charge in [0.1, 0.15) is 6.61 Å². The molecule has 0 N–H and O–H groups in total. The number of carbonyl (C=O) groups is 1. The minimum atomic E-state index is -0.125. The molecule has 108 valence electrons. The first kappa shape index (κ1) is 17.4. The number of unbranched alkanes of at least 4 members (excludes halogenated alkanes) is 1. The fourth-order valence-corrected chi connectivity index (χ4v) is 1.46. The SMILES string of the molecule is CCCCOCCOCCOC(=O)C(C)CCC. The standard InChI is InChI=1S/C14H28O4/c1-4-6-8-16-9-10-17-11-12-18-14(15)13(3)7-5-2/h13H,4-12H2,1-3H3. The van der Waals surface area contributed by atoms with E-state index in [1.807, 2.05) is 6.92 Å². The van der Waals surface area contributed by atoms with E-state index in [4.69, 9.17) is 14.2 Å². The molecule has 18 heavy (non-hydrogen) atoms. The van der Waals surface area contributed by atoms with Gasteiger partial charge in [-0.2, -0.15) is 0 Å². The quantitative estimate of drug-likeness (QED) is 0.400. The molecule has 0 amide bonds. The molecule has 0 aliphatic carbocycles. The van der Waals surface area contributed by atoms with Crippen molar-refractivity contribution in [2.75, 3.05) is 33.0 Å². The van der Waals surface area contributed by atoms with Gasteiger partial charge in [-0.15, -0.1) is 0 Å². The highest BCUT2D eigenvalue weighted by Gasteiger charge is 2.12. The molecule has 0 aliphatic rings. The fourth-order valence-electron chi connectivity index (χ4n) is 1.46. The van der Waals surface area contributed by atoms with Crippen LogP contribution in [0.15, 0.2) is 0 Å². The van der Waals surface area contributed by atoms with Crippen LogP contribution in [0.5, 0.6) is 0 Å². The molecule has 1 atom stereocenters. The van der Waals surface area contributed by atoms with Crippen LogP contribution in [-0.4, -0.2) is 39.0 Å². The third-order valence-corrected chi connectivity index (χ3v) is 2.61. The number of ether oxygens (including phenoxy) is 3. The van der Waals surface area contributed by atoms with E-state index in [1.54, 1.807) is 0 Å². The number of rotatable bonds is 12. The normalized spacial score (nSPS) is 12.4. The highest BCUT2D eigenvalue weighted by molar-refractivity contribution is 5.71. The van der Waals surface area contributed by atoms with Gasteiger partial charge in [-0.3, -0.25) is 4.79 Å². The molecule has 0 heterocycles. The predicted octanol–water partition coefficient (Wildman–Crippen LogP) is 2.80. The Bertz CT molecular complexity index is 194. The summed E-state index contributed by atoms with van der Waals surface area (Å²) in [5, 5.41) is 0. The van der Waals surface area contributed by atoms with Gasteiger partial charge < -0.3 is 14.2 Å². The van der Waals surface area contributed by atoms with Crippen LogP contribution in [0.1, 0.15) is 46.5 Å². The molecule has 0 aromatic carbocycles. The zero-order chi connectivity index (χ0) is 13.6. The molecule has 0 saturated heterocycles. The Hall–Kier alpha value is -0.610. The van der Waals surface area contributed by atoms with Gasteiger partial charge in [0, 0.05) is 6.61 Å². The van der Waals surface area contributed by atoms with Crippen molar-refractivity contribution in [3.8, 4) is 0 Å². The zero-order valence-electron chi connectivity index (χ0n) is 12.1. The van der Waals surface area contributed by atoms with Crippen molar-refractivity contribution < 1.29 is 19.0 Å². The molecular formula is C14H28O4. The lowest BCUT2D eigenvalue weighted by Crippen LogP contribution is -2.18. The third-order valence-electron chi connectivity index (χ3n) is 2.61. The summed E-state index contributed by atoms with van der Waals surface area (Å²) < 4.78 is 15.7. The average Bonchev–Trinajstić information content (AvgIpc) is 2.36. The summed E-state index contributed by atoms with van der Waals surface area (Å²) >= 11 is 0. The smallest absolute Gasteiger partial charge is 0.308 e. The maximum Gasteiger partial charge on any atom is 0.308 e. The molecule has 0 aromatic rings. The van der Waals surface area contributed by atoms with Crippen LogP contribution in [-0.2, 0) is 19.0 Å². The molecular weight excluding hydrogens is 232 g/mol. The van der Waals surface area contributed by atoms with Crippen LogP contribution < -0.4 is 0 Å². The van der Waals surface area contributed by atoms with E-state index in [0.717, 1.165) is 32.3 Å². The van der Waals surface area contributed by atoms with Gasteiger partial charge >= 0.3 is 5.97 Å². The van der Waals surface area contributed by atoms with Gasteiger partial charge in [-0.05, 0) is 12.8 Å². The minimum Gasteiger partial charge on any atom is -0.463 e. The van der Waals surface area contributed by atoms with Gasteiger partial charge in [-0.1, -0.05) is 33.6 Å². The van der Waals surface area contributed by atoms with E-state index in [1.165, 1.54) is 0 Å². The minimum absolute atomic E-state index is 0.00706. The molecule has 0 rings (SSSR count). The maximum absolute atomic E-state index is 11.4. The van der Waals surface area contributed by atoms with E-state index < -0.39 is 0 Å². The Morgan fingerprint density at radius 2 is 1.56 bits per heavy atom. The van der Waals surface area contributed by atoms with Gasteiger partial charge in [0.25, 0.3) is 0 Å². The molecule has 0 fully saturated rings. The van der Waals surface area contributed by atoms with Gasteiger partial charge in [-0.25, -0.2) is 0 Å². The predicted molar refractivity (Wildman–Crippen MR) is 71.6 cm³/mol. The first-order valence-corrected chi connectivity index (χ1v) is 7.04. The van der Waals surface area contributed by atoms with E-state index in [2.05, 4.69) is 13.8 Å². The Morgan fingerprint density at radius 1 is 0.944 bits per heavy atom. The van der Waals surface area contributed by atoms with E-state index >= 15 is 0 Å². The van der Waals surface area contributed by atoms with Crippen LogP contribution in [0.2, 0.25) is 0 Å². The molecule has 0 spiro atoms. The van der Waals surface area contributed by atoms with E-state index in [9.17, 15) is 4.79 Å². The molecule has 4 nitrogen and oxygen atoms in total. The fraction of sp³-hybridized carbons (Fsp3) is 0.929. The average molecular weight is 260 g/mol. The maximum atomic E-state index is 11.4. The van der Waals surface area contributed by atoms with Crippen molar-refractivity contribution in [2.45, 2.75) is 46.5 Å². The molecule has 0 saturated carbocycles. The van der Waals surface area contributed by atoms with Crippen molar-refractivity contribution in [1.29, 1.82) is 0 Å². The highest BCUT2D eigenvalue weighted by atomic mass is 16.6. The topological polar surface area (TPSA) is 44.8 Å². The Balaban J connectivity index is 3.22. The molecule has 0 aliphatic heterocycles. The van der Waals surface area contributed by atoms with Crippen LogP contribution in [0.25, 0.3) is 0 Å². The second-order valence-corrected chi connectivity index (χ2v) is 4.44. The summed E-state index contributed by atoms with van der Waals surface area (Å²) in [4.78, 5) is 11.4. The van der Waals surface area contributed by atoms with Crippen molar-refractivity contribution in [3.63, 3.8) is 0 Å². The third kappa shape index (κ3) is 10.5. The lowest BCUT2D eigenvalue weighted by atomic mass is 10.1. The van der Waals surface area contributed by atoms with Crippen molar-refractivity contribution in [1.82, 2.24) is 0 Å². The Morgan fingerprint density at radius 3 is 2.17 bits per heavy atom. The summed E-state index contributed by atoms with van der Waals surface area (Å²) in [6, 6.07) is 0. The number of carbonyl (C=O) groups excluding carboxylic acids is 1. The Kier molecular flexibility index (Phi) is 12.4. The summed E-state index contributed by atoms with van der Waals surface area (Å²) in [5.41, 5.74) is 0. The first-order chi connectivity index (χ1) is 8.72. The molecule has 0 bridgehead atoms. The number of hydrogen-bond acceptors (Lipinski definition) is 4. The second-order valence-electron chi connectivity index (χ2n) is 4.44. The van der Waals surface area contributed by atoms with Crippen LogP contribution in [0, 0.1) is 5.92 Å². The summed E-state index contributed by atoms with van der Waals surface area (Å²) in [7, 11) is 0. The van der Waals surface area contributed by atoms with Gasteiger partial charge in [0.05, 0.1) is 25.7 Å².